The summed E-state index contributed by atoms with van der Waals surface area (Å²) in [6.07, 6.45) is 0.760. The molecule has 3 aromatic rings. The third-order valence-electron chi connectivity index (χ3n) is 3.47. The molecule has 0 bridgehead atoms. The zero-order valence-electron chi connectivity index (χ0n) is 11.9. The molecule has 0 atom stereocenters. The summed E-state index contributed by atoms with van der Waals surface area (Å²) < 4.78 is 5.31. The molecule has 108 valence electrons. The van der Waals surface area contributed by atoms with Crippen LogP contribution >= 0.6 is 0 Å². The highest BCUT2D eigenvalue weighted by atomic mass is 16.5. The van der Waals surface area contributed by atoms with Crippen molar-refractivity contribution in [1.29, 1.82) is 0 Å². The minimum Gasteiger partial charge on any atom is -0.457 e. The fourth-order valence-electron chi connectivity index (χ4n) is 2.36. The predicted octanol–water partition coefficient (Wildman–Crippen LogP) is 4.01. The van der Waals surface area contributed by atoms with Crippen molar-refractivity contribution in [3.63, 3.8) is 0 Å². The smallest absolute Gasteiger partial charge is 0.338 e. The van der Waals surface area contributed by atoms with Crippen molar-refractivity contribution in [1.82, 2.24) is 0 Å². The van der Waals surface area contributed by atoms with Crippen LogP contribution in [-0.4, -0.2) is 12.3 Å². The molecule has 22 heavy (non-hydrogen) atoms. The van der Waals surface area contributed by atoms with Crippen molar-refractivity contribution in [2.45, 2.75) is 6.61 Å². The Kier molecular flexibility index (Phi) is 3.97. The predicted molar refractivity (Wildman–Crippen MR) is 84.9 cm³/mol. The molecule has 0 radical (unpaired) electrons. The number of hydrogen-bond acceptors (Lipinski definition) is 3. The Morgan fingerprint density at radius 1 is 0.955 bits per heavy atom. The summed E-state index contributed by atoms with van der Waals surface area (Å²) in [6, 6.07) is 20.3. The van der Waals surface area contributed by atoms with E-state index in [4.69, 9.17) is 4.74 Å². The first-order valence-corrected chi connectivity index (χ1v) is 6.97. The Morgan fingerprint density at radius 2 is 1.68 bits per heavy atom. The molecular weight excluding hydrogens is 276 g/mol. The molecular formula is C19H14O3. The fourth-order valence-corrected chi connectivity index (χ4v) is 2.36. The normalized spacial score (nSPS) is 10.4. The van der Waals surface area contributed by atoms with E-state index < -0.39 is 5.97 Å². The summed E-state index contributed by atoms with van der Waals surface area (Å²) in [5, 5.41) is 1.68. The molecule has 0 aromatic heterocycles. The third kappa shape index (κ3) is 2.88. The first-order valence-electron chi connectivity index (χ1n) is 6.97. The highest BCUT2D eigenvalue weighted by Gasteiger charge is 2.11. The van der Waals surface area contributed by atoms with Gasteiger partial charge in [-0.3, -0.25) is 4.79 Å². The van der Waals surface area contributed by atoms with E-state index in [1.54, 1.807) is 12.1 Å². The van der Waals surface area contributed by atoms with E-state index in [0.717, 1.165) is 22.6 Å². The van der Waals surface area contributed by atoms with Crippen molar-refractivity contribution in [2.24, 2.45) is 0 Å². The van der Waals surface area contributed by atoms with Gasteiger partial charge < -0.3 is 4.74 Å². The van der Waals surface area contributed by atoms with Crippen LogP contribution < -0.4 is 0 Å². The topological polar surface area (TPSA) is 43.4 Å². The summed E-state index contributed by atoms with van der Waals surface area (Å²) >= 11 is 0. The number of fused-ring (bicyclic) bond motifs is 1. The van der Waals surface area contributed by atoms with Gasteiger partial charge in [0, 0.05) is 5.56 Å². The highest BCUT2D eigenvalue weighted by Crippen LogP contribution is 2.20. The lowest BCUT2D eigenvalue weighted by atomic mass is 10.0. The summed E-state index contributed by atoms with van der Waals surface area (Å²) in [7, 11) is 0. The minimum absolute atomic E-state index is 0.211. The third-order valence-corrected chi connectivity index (χ3v) is 3.47. The standard InChI is InChI=1S/C19H14O3/c20-12-17-11-16(10-15-8-4-5-9-18(15)17)19(21)22-13-14-6-2-1-3-7-14/h1-12H,13H2. The second-order valence-electron chi connectivity index (χ2n) is 4.97. The van der Waals surface area contributed by atoms with E-state index in [2.05, 4.69) is 0 Å². The molecule has 3 rings (SSSR count). The number of hydrogen-bond donors (Lipinski definition) is 0. The van der Waals surface area contributed by atoms with Gasteiger partial charge in [0.2, 0.25) is 0 Å². The number of carbonyl (C=O) groups is 2. The van der Waals surface area contributed by atoms with Gasteiger partial charge in [-0.05, 0) is 28.5 Å². The molecule has 3 aromatic carbocycles. The lowest BCUT2D eigenvalue weighted by Gasteiger charge is -2.07. The van der Waals surface area contributed by atoms with Crippen LogP contribution in [0.25, 0.3) is 10.8 Å². The molecule has 0 saturated heterocycles. The Bertz CT molecular complexity index is 822. The van der Waals surface area contributed by atoms with E-state index in [-0.39, 0.29) is 6.61 Å². The number of carbonyl (C=O) groups excluding carboxylic acids is 2. The fraction of sp³-hybridized carbons (Fsp3) is 0.0526. The largest absolute Gasteiger partial charge is 0.457 e. The van der Waals surface area contributed by atoms with Crippen LogP contribution in [-0.2, 0) is 11.3 Å². The maximum absolute atomic E-state index is 12.2. The second kappa shape index (κ2) is 6.22. The van der Waals surface area contributed by atoms with Crippen LogP contribution in [0.2, 0.25) is 0 Å². The molecule has 0 unspecified atom stereocenters. The van der Waals surface area contributed by atoms with E-state index in [1.165, 1.54) is 0 Å². The Hall–Kier alpha value is -2.94. The van der Waals surface area contributed by atoms with Crippen LogP contribution in [0.4, 0.5) is 0 Å². The van der Waals surface area contributed by atoms with Crippen molar-refractivity contribution >= 4 is 23.0 Å². The summed E-state index contributed by atoms with van der Waals surface area (Å²) in [4.78, 5) is 23.4. The quantitative estimate of drug-likeness (QED) is 0.538. The van der Waals surface area contributed by atoms with E-state index in [9.17, 15) is 9.59 Å². The molecule has 0 amide bonds. The molecule has 0 aliphatic rings. The van der Waals surface area contributed by atoms with Crippen LogP contribution in [0.3, 0.4) is 0 Å². The average Bonchev–Trinajstić information content (AvgIpc) is 2.59. The molecule has 0 fully saturated rings. The number of ether oxygens (including phenoxy) is 1. The van der Waals surface area contributed by atoms with Gasteiger partial charge in [0.25, 0.3) is 0 Å². The molecule has 3 heteroatoms. The monoisotopic (exact) mass is 290 g/mol. The van der Waals surface area contributed by atoms with Gasteiger partial charge in [-0.25, -0.2) is 4.79 Å². The molecule has 0 aliphatic heterocycles. The van der Waals surface area contributed by atoms with Gasteiger partial charge in [-0.2, -0.15) is 0 Å². The Labute approximate surface area is 128 Å². The molecule has 0 heterocycles. The first kappa shape index (κ1) is 14.0. The van der Waals surface area contributed by atoms with Crippen molar-refractivity contribution in [3.8, 4) is 0 Å². The van der Waals surface area contributed by atoms with E-state index in [0.29, 0.717) is 11.1 Å². The summed E-state index contributed by atoms with van der Waals surface area (Å²) in [5.74, 6) is -0.433. The van der Waals surface area contributed by atoms with E-state index in [1.807, 2.05) is 54.6 Å². The Balaban J connectivity index is 1.86. The minimum atomic E-state index is -0.433. The van der Waals surface area contributed by atoms with Crippen molar-refractivity contribution in [3.05, 3.63) is 83.4 Å². The molecule has 0 aliphatic carbocycles. The zero-order valence-corrected chi connectivity index (χ0v) is 11.9. The zero-order chi connectivity index (χ0) is 15.4. The van der Waals surface area contributed by atoms with Gasteiger partial charge in [0.15, 0.2) is 6.29 Å². The van der Waals surface area contributed by atoms with Gasteiger partial charge in [-0.15, -0.1) is 0 Å². The van der Waals surface area contributed by atoms with Crippen LogP contribution in [0, 0.1) is 0 Å². The van der Waals surface area contributed by atoms with Gasteiger partial charge in [0.05, 0.1) is 5.56 Å². The SMILES string of the molecule is O=Cc1cc(C(=O)OCc2ccccc2)cc2ccccc12. The molecule has 3 nitrogen and oxygen atoms in total. The molecule has 0 saturated carbocycles. The van der Waals surface area contributed by atoms with E-state index >= 15 is 0 Å². The first-order chi connectivity index (χ1) is 10.8. The lowest BCUT2D eigenvalue weighted by Crippen LogP contribution is -2.06. The number of rotatable bonds is 4. The van der Waals surface area contributed by atoms with Crippen molar-refractivity contribution < 1.29 is 14.3 Å². The molecule has 0 N–H and O–H groups in total. The number of aldehydes is 1. The number of esters is 1. The Morgan fingerprint density at radius 3 is 2.45 bits per heavy atom. The van der Waals surface area contributed by atoms with Crippen LogP contribution in [0.1, 0.15) is 26.3 Å². The van der Waals surface area contributed by atoms with Crippen molar-refractivity contribution in [2.75, 3.05) is 0 Å². The average molecular weight is 290 g/mol. The molecule has 0 spiro atoms. The lowest BCUT2D eigenvalue weighted by molar-refractivity contribution is 0.0473. The summed E-state index contributed by atoms with van der Waals surface area (Å²) in [6.45, 7) is 0.211. The summed E-state index contributed by atoms with van der Waals surface area (Å²) in [5.41, 5.74) is 1.80. The second-order valence-corrected chi connectivity index (χ2v) is 4.97. The number of benzene rings is 3. The maximum Gasteiger partial charge on any atom is 0.338 e. The highest BCUT2D eigenvalue weighted by molar-refractivity contribution is 6.03. The maximum atomic E-state index is 12.2. The van der Waals surface area contributed by atoms with Crippen LogP contribution in [0.15, 0.2) is 66.7 Å². The van der Waals surface area contributed by atoms with Gasteiger partial charge >= 0.3 is 5.97 Å². The van der Waals surface area contributed by atoms with Crippen LogP contribution in [0.5, 0.6) is 0 Å². The van der Waals surface area contributed by atoms with Gasteiger partial charge in [-0.1, -0.05) is 54.6 Å². The van der Waals surface area contributed by atoms with Gasteiger partial charge in [0.1, 0.15) is 6.61 Å².